The molecule has 0 saturated heterocycles. The molecule has 5 heteroatoms. The summed E-state index contributed by atoms with van der Waals surface area (Å²) in [5, 5.41) is 0.573. The van der Waals surface area contributed by atoms with Crippen molar-refractivity contribution in [2.24, 2.45) is 9.98 Å². The van der Waals surface area contributed by atoms with Crippen molar-refractivity contribution >= 4 is 35.3 Å². The lowest BCUT2D eigenvalue weighted by atomic mass is 10.2. The van der Waals surface area contributed by atoms with Gasteiger partial charge in [0.05, 0.1) is 12.3 Å². The Hall–Kier alpha value is -2.68. The van der Waals surface area contributed by atoms with Gasteiger partial charge in [0.1, 0.15) is 6.01 Å². The van der Waals surface area contributed by atoms with E-state index in [1.807, 2.05) is 36.4 Å². The number of esters is 1. The number of hydrogen-bond acceptors (Lipinski definition) is 4. The van der Waals surface area contributed by atoms with E-state index in [0.29, 0.717) is 10.7 Å². The molecule has 2 aromatic carbocycles. The third kappa shape index (κ3) is 5.55. The van der Waals surface area contributed by atoms with Crippen LogP contribution in [0.4, 0.5) is 5.69 Å². The topological polar surface area (TPSA) is 51.0 Å². The molecule has 0 unspecified atom stereocenters. The second-order valence-electron chi connectivity index (χ2n) is 4.46. The van der Waals surface area contributed by atoms with E-state index in [0.717, 1.165) is 5.56 Å². The van der Waals surface area contributed by atoms with Gasteiger partial charge in [-0.15, -0.1) is 0 Å². The molecule has 0 fully saturated rings. The molecule has 0 radical (unpaired) electrons. The van der Waals surface area contributed by atoms with E-state index < -0.39 is 5.97 Å². The smallest absolute Gasteiger partial charge is 0.357 e. The van der Waals surface area contributed by atoms with Gasteiger partial charge in [0.25, 0.3) is 0 Å². The number of carbonyl (C=O) groups excluding carboxylic acids is 1. The summed E-state index contributed by atoms with van der Waals surface area (Å²) < 4.78 is 4.99. The van der Waals surface area contributed by atoms with Crippen molar-refractivity contribution in [3.05, 3.63) is 70.9 Å². The first-order valence-corrected chi connectivity index (χ1v) is 7.42. The van der Waals surface area contributed by atoms with Crippen molar-refractivity contribution < 1.29 is 9.53 Å². The Morgan fingerprint density at radius 3 is 2.70 bits per heavy atom. The van der Waals surface area contributed by atoms with Gasteiger partial charge in [-0.05, 0) is 42.8 Å². The molecule has 0 aromatic heterocycles. The summed E-state index contributed by atoms with van der Waals surface area (Å²) in [6.07, 6.45) is 1.58. The highest BCUT2D eigenvalue weighted by atomic mass is 35.5. The molecule has 2 rings (SSSR count). The Morgan fingerprint density at radius 1 is 1.22 bits per heavy atom. The number of carbonyl (C=O) groups is 1. The minimum absolute atomic E-state index is 0.105. The molecular formula is C18H15ClN2O2. The number of halogens is 1. The fraction of sp³-hybridized carbons (Fsp3) is 0.111. The molecule has 4 nitrogen and oxygen atoms in total. The normalized spacial score (nSPS) is 10.6. The van der Waals surface area contributed by atoms with Crippen LogP contribution in [-0.4, -0.2) is 18.6 Å². The van der Waals surface area contributed by atoms with E-state index in [-0.39, 0.29) is 12.3 Å². The monoisotopic (exact) mass is 326 g/mol. The molecule has 0 amide bonds. The minimum Gasteiger partial charge on any atom is -0.461 e. The number of aliphatic imine (C=N–C) groups is 2. The molecule has 0 bridgehead atoms. The lowest BCUT2D eigenvalue weighted by Crippen LogP contribution is -2.05. The lowest BCUT2D eigenvalue weighted by molar-refractivity contribution is -0.138. The predicted octanol–water partition coefficient (Wildman–Crippen LogP) is 4.75. The van der Waals surface area contributed by atoms with E-state index in [9.17, 15) is 4.79 Å². The maximum Gasteiger partial charge on any atom is 0.357 e. The number of hydrogen-bond donors (Lipinski definition) is 0. The molecular weight excluding hydrogens is 312 g/mol. The molecule has 0 aliphatic heterocycles. The Morgan fingerprint density at radius 2 is 2.00 bits per heavy atom. The van der Waals surface area contributed by atoms with E-state index in [2.05, 4.69) is 16.0 Å². The molecule has 116 valence electrons. The fourth-order valence-electron chi connectivity index (χ4n) is 1.74. The first-order valence-electron chi connectivity index (χ1n) is 7.05. The molecule has 0 aliphatic rings. The first kappa shape index (κ1) is 16.7. The summed E-state index contributed by atoms with van der Waals surface area (Å²) in [6.45, 7) is 1.99. The Bertz CT molecular complexity index is 764. The van der Waals surface area contributed by atoms with Crippen molar-refractivity contribution in [1.29, 1.82) is 0 Å². The van der Waals surface area contributed by atoms with Gasteiger partial charge in [0.2, 0.25) is 0 Å². The van der Waals surface area contributed by atoms with Crippen LogP contribution in [0.1, 0.15) is 12.5 Å². The number of nitrogens with zero attached hydrogens (tertiary/aromatic N) is 2. The summed E-state index contributed by atoms with van der Waals surface area (Å²) in [6, 6.07) is 18.8. The van der Waals surface area contributed by atoms with Gasteiger partial charge < -0.3 is 4.74 Å². The standard InChI is InChI=1S/C18H15ClN2O2/c1-2-23-18(22)17(12-14-7-6-8-15(19)11-14)21-13-20-16-9-4-3-5-10-16/h3-12H,2H2,1H3/b17-12-. The second-order valence-corrected chi connectivity index (χ2v) is 4.90. The van der Waals surface area contributed by atoms with Crippen molar-refractivity contribution in [1.82, 2.24) is 0 Å². The fourth-order valence-corrected chi connectivity index (χ4v) is 1.93. The van der Waals surface area contributed by atoms with Crippen LogP contribution in [0.3, 0.4) is 0 Å². The van der Waals surface area contributed by atoms with Crippen LogP contribution < -0.4 is 0 Å². The number of benzene rings is 2. The Kier molecular flexibility index (Phi) is 6.30. The molecule has 0 spiro atoms. The third-order valence-corrected chi connectivity index (χ3v) is 2.98. The minimum atomic E-state index is -0.539. The Labute approximate surface area is 139 Å². The number of ether oxygens (including phenoxy) is 1. The number of rotatable bonds is 5. The first-order chi connectivity index (χ1) is 11.2. The van der Waals surface area contributed by atoms with Crippen molar-refractivity contribution in [3.8, 4) is 0 Å². The van der Waals surface area contributed by atoms with Gasteiger partial charge in [0.15, 0.2) is 5.70 Å². The van der Waals surface area contributed by atoms with E-state index in [4.69, 9.17) is 16.3 Å². The van der Waals surface area contributed by atoms with Crippen LogP contribution in [0.15, 0.2) is 70.3 Å². The van der Waals surface area contributed by atoms with Crippen LogP contribution in [0.2, 0.25) is 5.02 Å². The maximum absolute atomic E-state index is 12.0. The van der Waals surface area contributed by atoms with Crippen molar-refractivity contribution in [3.63, 3.8) is 0 Å². The van der Waals surface area contributed by atoms with Gasteiger partial charge >= 0.3 is 5.97 Å². The summed E-state index contributed by atoms with van der Waals surface area (Å²) in [7, 11) is 0. The zero-order valence-electron chi connectivity index (χ0n) is 12.6. The SMILES string of the molecule is CCOC(=O)/C(=C/c1cccc(Cl)c1)N=C=Nc1ccccc1. The summed E-state index contributed by atoms with van der Waals surface area (Å²) in [4.78, 5) is 20.0. The van der Waals surface area contributed by atoms with Crippen LogP contribution in [-0.2, 0) is 9.53 Å². The highest BCUT2D eigenvalue weighted by Crippen LogP contribution is 2.15. The van der Waals surface area contributed by atoms with Gasteiger partial charge in [-0.3, -0.25) is 0 Å². The molecule has 0 saturated carbocycles. The van der Waals surface area contributed by atoms with Gasteiger partial charge in [-0.1, -0.05) is 41.9 Å². The van der Waals surface area contributed by atoms with Crippen LogP contribution in [0.25, 0.3) is 6.08 Å². The lowest BCUT2D eigenvalue weighted by Gasteiger charge is -2.01. The van der Waals surface area contributed by atoms with E-state index >= 15 is 0 Å². The molecule has 2 aromatic rings. The highest BCUT2D eigenvalue weighted by molar-refractivity contribution is 6.30. The number of para-hydroxylation sites is 1. The van der Waals surface area contributed by atoms with Gasteiger partial charge in [0, 0.05) is 5.02 Å². The van der Waals surface area contributed by atoms with Crippen molar-refractivity contribution in [2.45, 2.75) is 6.92 Å². The highest BCUT2D eigenvalue weighted by Gasteiger charge is 2.09. The van der Waals surface area contributed by atoms with Crippen LogP contribution >= 0.6 is 11.6 Å². The molecule has 0 atom stereocenters. The molecule has 0 heterocycles. The second kappa shape index (κ2) is 8.69. The Balaban J connectivity index is 2.31. The summed E-state index contributed by atoms with van der Waals surface area (Å²) >= 11 is 5.94. The average Bonchev–Trinajstić information content (AvgIpc) is 2.55. The molecule has 0 aliphatic carbocycles. The summed E-state index contributed by atoms with van der Waals surface area (Å²) in [5.41, 5.74) is 1.54. The van der Waals surface area contributed by atoms with Gasteiger partial charge in [-0.2, -0.15) is 9.98 Å². The summed E-state index contributed by atoms with van der Waals surface area (Å²) in [5.74, 6) is -0.539. The maximum atomic E-state index is 12.0. The van der Waals surface area contributed by atoms with E-state index in [1.165, 1.54) is 0 Å². The molecule has 0 N–H and O–H groups in total. The predicted molar refractivity (Wildman–Crippen MR) is 92.0 cm³/mol. The average molecular weight is 327 g/mol. The van der Waals surface area contributed by atoms with Crippen LogP contribution in [0, 0.1) is 0 Å². The van der Waals surface area contributed by atoms with Crippen molar-refractivity contribution in [2.75, 3.05) is 6.61 Å². The zero-order chi connectivity index (χ0) is 16.5. The third-order valence-electron chi connectivity index (χ3n) is 2.74. The largest absolute Gasteiger partial charge is 0.461 e. The molecule has 23 heavy (non-hydrogen) atoms. The quantitative estimate of drug-likeness (QED) is 0.452. The zero-order valence-corrected chi connectivity index (χ0v) is 13.3. The van der Waals surface area contributed by atoms with Crippen LogP contribution in [0.5, 0.6) is 0 Å². The van der Waals surface area contributed by atoms with E-state index in [1.54, 1.807) is 31.2 Å². The van der Waals surface area contributed by atoms with Gasteiger partial charge in [-0.25, -0.2) is 4.79 Å².